The Kier molecular flexibility index (Phi) is 7.59. The first-order chi connectivity index (χ1) is 14.3. The van der Waals surface area contributed by atoms with Gasteiger partial charge < -0.3 is 14.8 Å². The summed E-state index contributed by atoms with van der Waals surface area (Å²) < 4.78 is 11.9. The molecule has 0 atom stereocenters. The molecule has 0 aliphatic carbocycles. The van der Waals surface area contributed by atoms with Crippen LogP contribution in [0.2, 0.25) is 0 Å². The van der Waals surface area contributed by atoms with E-state index < -0.39 is 5.97 Å². The highest BCUT2D eigenvalue weighted by Gasteiger charge is 2.24. The van der Waals surface area contributed by atoms with Crippen LogP contribution in [-0.4, -0.2) is 30.8 Å². The molecule has 0 saturated carbocycles. The number of carbonyl (C=O) groups is 2. The molecule has 9 heteroatoms. The highest BCUT2D eigenvalue weighted by Crippen LogP contribution is 2.32. The molecule has 0 spiro atoms. The molecule has 1 N–H and O–H groups in total. The van der Waals surface area contributed by atoms with Crippen molar-refractivity contribution in [2.45, 2.75) is 13.8 Å². The SMILES string of the molecule is COC(=O)COc1ccc(/C=C2\SC(=Nc3cc(C)c(Br)c(C)c3)NC2=O)cc1I. The highest BCUT2D eigenvalue weighted by molar-refractivity contribution is 14.1. The number of amides is 1. The monoisotopic (exact) mass is 600 g/mol. The summed E-state index contributed by atoms with van der Waals surface area (Å²) in [7, 11) is 1.31. The molecule has 2 aromatic carbocycles. The molecule has 1 saturated heterocycles. The van der Waals surface area contributed by atoms with Crippen molar-refractivity contribution in [2.24, 2.45) is 4.99 Å². The lowest BCUT2D eigenvalue weighted by Gasteiger charge is -2.07. The van der Waals surface area contributed by atoms with Crippen molar-refractivity contribution in [3.63, 3.8) is 0 Å². The number of amidine groups is 1. The summed E-state index contributed by atoms with van der Waals surface area (Å²) in [5.41, 5.74) is 3.81. The fourth-order valence-electron chi connectivity index (χ4n) is 2.66. The Morgan fingerprint density at radius 2 is 1.97 bits per heavy atom. The smallest absolute Gasteiger partial charge is 0.343 e. The number of hydrogen-bond donors (Lipinski definition) is 1. The van der Waals surface area contributed by atoms with E-state index in [4.69, 9.17) is 4.74 Å². The molecule has 2 aromatic rings. The van der Waals surface area contributed by atoms with Crippen molar-refractivity contribution >= 4 is 79.1 Å². The first-order valence-corrected chi connectivity index (χ1v) is 11.5. The van der Waals surface area contributed by atoms with E-state index in [-0.39, 0.29) is 12.5 Å². The minimum absolute atomic E-state index is 0.153. The van der Waals surface area contributed by atoms with Crippen molar-refractivity contribution in [1.29, 1.82) is 0 Å². The minimum Gasteiger partial charge on any atom is -0.481 e. The number of carbonyl (C=O) groups excluding carboxylic acids is 2. The molecule has 0 radical (unpaired) electrons. The zero-order valence-corrected chi connectivity index (χ0v) is 21.0. The number of aryl methyl sites for hydroxylation is 2. The summed E-state index contributed by atoms with van der Waals surface area (Å²) in [6, 6.07) is 9.40. The zero-order valence-electron chi connectivity index (χ0n) is 16.4. The maximum Gasteiger partial charge on any atom is 0.343 e. The predicted molar refractivity (Wildman–Crippen MR) is 131 cm³/mol. The van der Waals surface area contributed by atoms with Gasteiger partial charge in [0.1, 0.15) is 5.75 Å². The molecule has 1 fully saturated rings. The summed E-state index contributed by atoms with van der Waals surface area (Å²) in [4.78, 5) is 28.7. The van der Waals surface area contributed by atoms with Crippen LogP contribution < -0.4 is 10.1 Å². The van der Waals surface area contributed by atoms with E-state index in [1.165, 1.54) is 18.9 Å². The maximum atomic E-state index is 12.4. The third-order valence-corrected chi connectivity index (χ3v) is 7.13. The van der Waals surface area contributed by atoms with Crippen molar-refractivity contribution in [1.82, 2.24) is 5.32 Å². The van der Waals surface area contributed by atoms with E-state index in [9.17, 15) is 9.59 Å². The molecule has 1 amide bonds. The number of aliphatic imine (C=N–C) groups is 1. The van der Waals surface area contributed by atoms with Gasteiger partial charge in [0, 0.05) is 4.47 Å². The Hall–Kier alpha value is -1.85. The topological polar surface area (TPSA) is 77.0 Å². The highest BCUT2D eigenvalue weighted by atomic mass is 127. The Balaban J connectivity index is 1.76. The normalized spacial score (nSPS) is 16.1. The molecule has 6 nitrogen and oxygen atoms in total. The van der Waals surface area contributed by atoms with E-state index in [1.54, 1.807) is 12.1 Å². The fourth-order valence-corrected chi connectivity index (χ4v) is 4.42. The summed E-state index contributed by atoms with van der Waals surface area (Å²) in [6.45, 7) is 3.86. The Morgan fingerprint density at radius 1 is 1.27 bits per heavy atom. The van der Waals surface area contributed by atoms with Crippen LogP contribution in [0.4, 0.5) is 5.69 Å². The number of nitrogens with one attached hydrogen (secondary N) is 1. The third kappa shape index (κ3) is 5.64. The van der Waals surface area contributed by atoms with Gasteiger partial charge in [0.15, 0.2) is 11.8 Å². The van der Waals surface area contributed by atoms with Crippen molar-refractivity contribution in [3.8, 4) is 5.75 Å². The zero-order chi connectivity index (χ0) is 21.8. The molecule has 0 bridgehead atoms. The van der Waals surface area contributed by atoms with E-state index in [0.29, 0.717) is 15.8 Å². The van der Waals surface area contributed by atoms with Gasteiger partial charge in [-0.25, -0.2) is 9.79 Å². The van der Waals surface area contributed by atoms with Gasteiger partial charge in [-0.05, 0) is 95.2 Å². The molecular weight excluding hydrogens is 583 g/mol. The lowest BCUT2D eigenvalue weighted by Crippen LogP contribution is -2.19. The largest absolute Gasteiger partial charge is 0.481 e. The van der Waals surface area contributed by atoms with Crippen LogP contribution in [0.25, 0.3) is 6.08 Å². The molecular formula is C21H18BrIN2O4S. The van der Waals surface area contributed by atoms with Gasteiger partial charge in [-0.2, -0.15) is 0 Å². The lowest BCUT2D eigenvalue weighted by molar-refractivity contribution is -0.142. The van der Waals surface area contributed by atoms with E-state index in [2.05, 4.69) is 53.6 Å². The third-order valence-electron chi connectivity index (χ3n) is 4.13. The van der Waals surface area contributed by atoms with E-state index >= 15 is 0 Å². The summed E-state index contributed by atoms with van der Waals surface area (Å²) in [6.07, 6.45) is 1.80. The molecule has 0 aromatic heterocycles. The number of rotatable bonds is 5. The van der Waals surface area contributed by atoms with Crippen LogP contribution in [0.15, 0.2) is 44.7 Å². The number of halogens is 2. The van der Waals surface area contributed by atoms with Gasteiger partial charge >= 0.3 is 5.97 Å². The van der Waals surface area contributed by atoms with Gasteiger partial charge in [0.25, 0.3) is 5.91 Å². The summed E-state index contributed by atoms with van der Waals surface area (Å²) >= 11 is 6.97. The Bertz CT molecular complexity index is 1060. The lowest BCUT2D eigenvalue weighted by atomic mass is 10.1. The van der Waals surface area contributed by atoms with Crippen LogP contribution in [0.3, 0.4) is 0 Å². The van der Waals surface area contributed by atoms with Gasteiger partial charge in [-0.1, -0.05) is 22.0 Å². The van der Waals surface area contributed by atoms with E-state index in [1.807, 2.05) is 38.1 Å². The molecule has 1 aliphatic heterocycles. The number of benzene rings is 2. The van der Waals surface area contributed by atoms with E-state index in [0.717, 1.165) is 30.4 Å². The molecule has 30 heavy (non-hydrogen) atoms. The quantitative estimate of drug-likeness (QED) is 0.293. The average molecular weight is 601 g/mol. The number of thioether (sulfide) groups is 1. The van der Waals surface area contributed by atoms with Gasteiger partial charge in [-0.15, -0.1) is 0 Å². The second-order valence-corrected chi connectivity index (χ2v) is 9.42. The molecule has 0 unspecified atom stereocenters. The van der Waals surface area contributed by atoms with Crippen molar-refractivity contribution < 1.29 is 19.1 Å². The molecule has 1 aliphatic rings. The van der Waals surface area contributed by atoms with Crippen molar-refractivity contribution in [2.75, 3.05) is 13.7 Å². The number of ether oxygens (including phenoxy) is 2. The fraction of sp³-hybridized carbons (Fsp3) is 0.190. The van der Waals surface area contributed by atoms with Gasteiger partial charge in [-0.3, -0.25) is 4.79 Å². The van der Waals surface area contributed by atoms with Gasteiger partial charge in [0.2, 0.25) is 0 Å². The average Bonchev–Trinajstić information content (AvgIpc) is 3.03. The van der Waals surface area contributed by atoms with Gasteiger partial charge in [0.05, 0.1) is 21.3 Å². The first kappa shape index (κ1) is 22.8. The summed E-state index contributed by atoms with van der Waals surface area (Å²) in [5.74, 6) is -0.0563. The molecule has 156 valence electrons. The minimum atomic E-state index is -0.445. The standard InChI is InChI=1S/C21H18BrIN2O4S/c1-11-6-14(7-12(2)19(11)22)24-21-25-20(27)17(30-21)9-13-4-5-16(15(23)8-13)29-10-18(26)28-3/h4-9H,10H2,1-3H3,(H,24,25,27)/b17-9-. The van der Waals surface area contributed by atoms with Crippen LogP contribution in [0, 0.1) is 17.4 Å². The second-order valence-electron chi connectivity index (χ2n) is 6.43. The van der Waals surface area contributed by atoms with Crippen LogP contribution in [0.1, 0.15) is 16.7 Å². The number of hydrogen-bond acceptors (Lipinski definition) is 6. The maximum absolute atomic E-state index is 12.4. The molecule has 3 rings (SSSR count). The predicted octanol–water partition coefficient (Wildman–Crippen LogP) is 5.11. The molecule has 1 heterocycles. The number of methoxy groups -OCH3 is 1. The number of nitrogens with zero attached hydrogens (tertiary/aromatic N) is 1. The van der Waals surface area contributed by atoms with Crippen molar-refractivity contribution in [3.05, 3.63) is 60.0 Å². The summed E-state index contributed by atoms with van der Waals surface area (Å²) in [5, 5.41) is 3.35. The van der Waals surface area contributed by atoms with Crippen LogP contribution >= 0.6 is 50.3 Å². The van der Waals surface area contributed by atoms with Crippen LogP contribution in [-0.2, 0) is 14.3 Å². The second kappa shape index (κ2) is 9.97. The Morgan fingerprint density at radius 3 is 2.60 bits per heavy atom. The first-order valence-electron chi connectivity index (χ1n) is 8.82. The number of esters is 1. The van der Waals surface area contributed by atoms with Crippen LogP contribution in [0.5, 0.6) is 5.75 Å². The Labute approximate surface area is 200 Å².